The van der Waals surface area contributed by atoms with Crippen LogP contribution in [0.2, 0.25) is 0 Å². The fourth-order valence-electron chi connectivity index (χ4n) is 1.14. The van der Waals surface area contributed by atoms with E-state index in [0.717, 1.165) is 0 Å². The van der Waals surface area contributed by atoms with E-state index in [1.165, 1.54) is 0 Å². The van der Waals surface area contributed by atoms with Gasteiger partial charge in [-0.05, 0) is 0 Å². The summed E-state index contributed by atoms with van der Waals surface area (Å²) < 4.78 is 5.18. The number of thiol groups is 2. The third-order valence-corrected chi connectivity index (χ3v) is 3.24. The number of hydrogen-bond acceptors (Lipinski definition) is 8. The molecular weight excluding hydrogens is 268 g/mol. The summed E-state index contributed by atoms with van der Waals surface area (Å²) >= 11 is 8.09. The lowest BCUT2D eigenvalue weighted by Crippen LogP contribution is -2.49. The van der Waals surface area contributed by atoms with Gasteiger partial charge < -0.3 is 30.3 Å². The number of aliphatic hydroxyl groups excluding tert-OH is 5. The van der Waals surface area contributed by atoms with Gasteiger partial charge in [-0.15, -0.1) is 0 Å². The number of rotatable bonds is 9. The van der Waals surface area contributed by atoms with Crippen molar-refractivity contribution in [2.24, 2.45) is 0 Å². The molecule has 0 spiro atoms. The zero-order valence-corrected chi connectivity index (χ0v) is 11.0. The zero-order valence-electron chi connectivity index (χ0n) is 9.25. The first kappa shape index (κ1) is 17.5. The molecule has 0 rings (SSSR count). The van der Waals surface area contributed by atoms with Crippen LogP contribution in [0.1, 0.15) is 0 Å². The van der Waals surface area contributed by atoms with Gasteiger partial charge in [0.25, 0.3) is 0 Å². The molecule has 0 aromatic carbocycles. The second-order valence-corrected chi connectivity index (χ2v) is 4.72. The molecule has 0 saturated carbocycles. The van der Waals surface area contributed by atoms with Gasteiger partial charge in [-0.3, -0.25) is 0 Å². The Balaban J connectivity index is 4.42. The summed E-state index contributed by atoms with van der Waals surface area (Å²) in [6, 6.07) is 0. The summed E-state index contributed by atoms with van der Waals surface area (Å²) in [4.78, 5) is 0. The van der Waals surface area contributed by atoms with Crippen LogP contribution in [0.4, 0.5) is 0 Å². The van der Waals surface area contributed by atoms with Gasteiger partial charge in [-0.2, -0.15) is 25.3 Å². The Morgan fingerprint density at radius 1 is 1.00 bits per heavy atom. The Kier molecular flexibility index (Phi) is 9.65. The molecule has 5 N–H and O–H groups in total. The molecule has 0 heterocycles. The van der Waals surface area contributed by atoms with Crippen LogP contribution >= 0.6 is 25.3 Å². The smallest absolute Gasteiger partial charge is 0.114 e. The molecule has 0 radical (unpaired) electrons. The molecule has 0 fully saturated rings. The van der Waals surface area contributed by atoms with E-state index in [2.05, 4.69) is 25.3 Å². The van der Waals surface area contributed by atoms with Crippen LogP contribution in [0, 0.1) is 0 Å². The highest BCUT2D eigenvalue weighted by molar-refractivity contribution is 7.84. The van der Waals surface area contributed by atoms with E-state index < -0.39 is 37.6 Å². The summed E-state index contributed by atoms with van der Waals surface area (Å²) in [6.07, 6.45) is -5.50. The average molecular weight is 288 g/mol. The molecule has 6 nitrogen and oxygen atoms in total. The maximum absolute atomic E-state index is 9.61. The monoisotopic (exact) mass is 288 g/mol. The van der Waals surface area contributed by atoms with Crippen molar-refractivity contribution >= 4 is 25.3 Å². The standard InChI is InChI=1S/C9H20O6S2/c10-1-6(12)8(14)9(7(13)2-11)15-3-5(17)4-16/h5-14,16-17H,1-4H2/t5?,6-,7-,8-,9-/m1/s1. The predicted molar refractivity (Wildman–Crippen MR) is 68.6 cm³/mol. The van der Waals surface area contributed by atoms with Gasteiger partial charge in [0.15, 0.2) is 0 Å². The minimum absolute atomic E-state index is 0.0869. The highest BCUT2D eigenvalue weighted by Crippen LogP contribution is 2.11. The Labute approximate surface area is 111 Å². The van der Waals surface area contributed by atoms with Crippen molar-refractivity contribution in [2.75, 3.05) is 25.6 Å². The van der Waals surface area contributed by atoms with Gasteiger partial charge >= 0.3 is 0 Å². The summed E-state index contributed by atoms with van der Waals surface area (Å²) in [6.45, 7) is -1.21. The summed E-state index contributed by atoms with van der Waals surface area (Å²) in [5.74, 6) is 0.434. The summed E-state index contributed by atoms with van der Waals surface area (Å²) in [5, 5.41) is 45.6. The fraction of sp³-hybridized carbons (Fsp3) is 1.00. The third-order valence-electron chi connectivity index (χ3n) is 2.18. The van der Waals surface area contributed by atoms with Crippen molar-refractivity contribution in [1.29, 1.82) is 0 Å². The highest BCUT2D eigenvalue weighted by atomic mass is 32.1. The normalized spacial score (nSPS) is 20.6. The van der Waals surface area contributed by atoms with Gasteiger partial charge in [-0.25, -0.2) is 0 Å². The van der Waals surface area contributed by atoms with E-state index in [1.807, 2.05) is 0 Å². The van der Waals surface area contributed by atoms with Gasteiger partial charge in [0.05, 0.1) is 19.8 Å². The number of hydrogen-bond donors (Lipinski definition) is 7. The van der Waals surface area contributed by atoms with Crippen molar-refractivity contribution < 1.29 is 30.3 Å². The van der Waals surface area contributed by atoms with E-state index in [9.17, 15) is 15.3 Å². The average Bonchev–Trinajstić information content (AvgIpc) is 2.36. The molecule has 104 valence electrons. The van der Waals surface area contributed by atoms with Gasteiger partial charge in [-0.1, -0.05) is 0 Å². The van der Waals surface area contributed by atoms with Gasteiger partial charge in [0.1, 0.15) is 24.4 Å². The Bertz CT molecular complexity index is 196. The molecule has 0 aliphatic heterocycles. The van der Waals surface area contributed by atoms with Crippen molar-refractivity contribution in [1.82, 2.24) is 0 Å². The van der Waals surface area contributed by atoms with E-state index in [0.29, 0.717) is 5.75 Å². The molecule has 0 amide bonds. The van der Waals surface area contributed by atoms with Crippen LogP contribution < -0.4 is 0 Å². The summed E-state index contributed by atoms with van der Waals surface area (Å²) in [5.41, 5.74) is 0. The second-order valence-electron chi connectivity index (χ2n) is 3.62. The lowest BCUT2D eigenvalue weighted by molar-refractivity contribution is -0.147. The number of aliphatic hydroxyl groups is 5. The minimum Gasteiger partial charge on any atom is -0.394 e. The van der Waals surface area contributed by atoms with E-state index >= 15 is 0 Å². The highest BCUT2D eigenvalue weighted by Gasteiger charge is 2.32. The topological polar surface area (TPSA) is 110 Å². The Morgan fingerprint density at radius 2 is 1.53 bits per heavy atom. The third kappa shape index (κ3) is 6.25. The molecule has 0 bridgehead atoms. The van der Waals surface area contributed by atoms with Crippen molar-refractivity contribution in [3.05, 3.63) is 0 Å². The van der Waals surface area contributed by atoms with Crippen molar-refractivity contribution in [2.45, 2.75) is 29.7 Å². The maximum Gasteiger partial charge on any atom is 0.114 e. The van der Waals surface area contributed by atoms with E-state index in [-0.39, 0.29) is 11.9 Å². The van der Waals surface area contributed by atoms with Crippen molar-refractivity contribution in [3.8, 4) is 0 Å². The SMILES string of the molecule is OC[C@@H](O)[C@@H](O)[C@H](OCC(S)CS)[C@H](O)CO. The summed E-state index contributed by atoms with van der Waals surface area (Å²) in [7, 11) is 0. The zero-order chi connectivity index (χ0) is 13.4. The first-order valence-electron chi connectivity index (χ1n) is 5.14. The second kappa shape index (κ2) is 9.40. The molecule has 8 heteroatoms. The molecule has 0 aliphatic rings. The molecule has 0 saturated heterocycles. The van der Waals surface area contributed by atoms with Gasteiger partial charge in [0, 0.05) is 11.0 Å². The van der Waals surface area contributed by atoms with Crippen LogP contribution in [0.25, 0.3) is 0 Å². The van der Waals surface area contributed by atoms with Crippen LogP contribution in [-0.4, -0.2) is 80.8 Å². The lowest BCUT2D eigenvalue weighted by atomic mass is 10.0. The van der Waals surface area contributed by atoms with E-state index in [4.69, 9.17) is 14.9 Å². The quantitative estimate of drug-likeness (QED) is 0.240. The minimum atomic E-state index is -1.50. The van der Waals surface area contributed by atoms with Crippen LogP contribution in [0.15, 0.2) is 0 Å². The maximum atomic E-state index is 9.61. The van der Waals surface area contributed by atoms with Crippen LogP contribution in [0.5, 0.6) is 0 Å². The van der Waals surface area contributed by atoms with Gasteiger partial charge in [0.2, 0.25) is 0 Å². The van der Waals surface area contributed by atoms with E-state index in [1.54, 1.807) is 0 Å². The van der Waals surface area contributed by atoms with Crippen LogP contribution in [-0.2, 0) is 4.74 Å². The molecule has 17 heavy (non-hydrogen) atoms. The van der Waals surface area contributed by atoms with Crippen molar-refractivity contribution in [3.63, 3.8) is 0 Å². The molecule has 5 atom stereocenters. The first-order chi connectivity index (χ1) is 7.97. The Hall–Kier alpha value is 0.460. The Morgan fingerprint density at radius 3 is 1.94 bits per heavy atom. The predicted octanol–water partition coefficient (Wildman–Crippen LogP) is -2.33. The molecule has 1 unspecified atom stereocenters. The number of ether oxygens (including phenoxy) is 1. The van der Waals surface area contributed by atoms with Crippen LogP contribution in [0.3, 0.4) is 0 Å². The largest absolute Gasteiger partial charge is 0.394 e. The molecular formula is C9H20O6S2. The molecule has 0 aliphatic carbocycles. The first-order valence-corrected chi connectivity index (χ1v) is 6.29. The fourth-order valence-corrected chi connectivity index (χ4v) is 1.33. The molecule has 0 aromatic heterocycles. The lowest BCUT2D eigenvalue weighted by Gasteiger charge is -2.29. The molecule has 0 aromatic rings.